The fourth-order valence-corrected chi connectivity index (χ4v) is 3.57. The largest absolute Gasteiger partial charge is 0.314 e. The van der Waals surface area contributed by atoms with E-state index in [0.29, 0.717) is 11.4 Å². The van der Waals surface area contributed by atoms with Gasteiger partial charge in [0, 0.05) is 32.7 Å². The van der Waals surface area contributed by atoms with Crippen molar-refractivity contribution in [3.05, 3.63) is 29.3 Å². The lowest BCUT2D eigenvalue weighted by molar-refractivity contribution is 0.239. The van der Waals surface area contributed by atoms with Crippen molar-refractivity contribution in [3.63, 3.8) is 0 Å². The summed E-state index contributed by atoms with van der Waals surface area (Å²) in [7, 11) is -3.38. The monoisotopic (exact) mass is 383 g/mol. The van der Waals surface area contributed by atoms with E-state index in [2.05, 4.69) is 14.9 Å². The molecule has 0 amide bonds. The molecule has 2 rings (SSSR count). The summed E-state index contributed by atoms with van der Waals surface area (Å²) in [5.74, 6) is 0. The van der Waals surface area contributed by atoms with Crippen LogP contribution in [0.3, 0.4) is 0 Å². The Morgan fingerprint density at radius 1 is 1.13 bits per heavy atom. The van der Waals surface area contributed by atoms with Crippen molar-refractivity contribution in [1.82, 2.24) is 14.9 Å². The molecule has 0 radical (unpaired) electrons. The van der Waals surface area contributed by atoms with Gasteiger partial charge in [-0.15, -0.1) is 24.8 Å². The van der Waals surface area contributed by atoms with Crippen LogP contribution in [-0.2, 0) is 10.0 Å². The molecule has 0 bridgehead atoms. The number of piperazine rings is 1. The van der Waals surface area contributed by atoms with Crippen molar-refractivity contribution < 1.29 is 8.42 Å². The summed E-state index contributed by atoms with van der Waals surface area (Å²) >= 11 is 0. The molecule has 1 heterocycles. The van der Waals surface area contributed by atoms with E-state index in [1.165, 1.54) is 0 Å². The van der Waals surface area contributed by atoms with Crippen molar-refractivity contribution in [2.45, 2.75) is 25.2 Å². The van der Waals surface area contributed by atoms with Crippen LogP contribution in [0.2, 0.25) is 0 Å². The second-order valence-corrected chi connectivity index (χ2v) is 7.36. The molecular weight excluding hydrogens is 357 g/mol. The maximum absolute atomic E-state index is 12.2. The van der Waals surface area contributed by atoms with Crippen LogP contribution in [0.4, 0.5) is 0 Å². The zero-order chi connectivity index (χ0) is 15.3. The summed E-state index contributed by atoms with van der Waals surface area (Å²) in [5.41, 5.74) is 2.10. The van der Waals surface area contributed by atoms with Gasteiger partial charge < -0.3 is 10.2 Å². The Kier molecular flexibility index (Phi) is 10.3. The van der Waals surface area contributed by atoms with E-state index in [9.17, 15) is 8.42 Å². The number of aryl methyl sites for hydroxylation is 2. The Morgan fingerprint density at radius 2 is 1.78 bits per heavy atom. The van der Waals surface area contributed by atoms with Gasteiger partial charge in [-0.3, -0.25) is 0 Å². The minimum atomic E-state index is -3.38. The highest BCUT2D eigenvalue weighted by Crippen LogP contribution is 2.14. The third kappa shape index (κ3) is 6.95. The van der Waals surface area contributed by atoms with Crippen LogP contribution < -0.4 is 10.0 Å². The molecule has 134 valence electrons. The van der Waals surface area contributed by atoms with Crippen LogP contribution >= 0.6 is 24.8 Å². The molecule has 2 N–H and O–H groups in total. The Morgan fingerprint density at radius 3 is 2.39 bits per heavy atom. The van der Waals surface area contributed by atoms with Gasteiger partial charge in [0.15, 0.2) is 0 Å². The zero-order valence-electron chi connectivity index (χ0n) is 13.7. The summed E-state index contributed by atoms with van der Waals surface area (Å²) in [6.45, 7) is 9.47. The summed E-state index contributed by atoms with van der Waals surface area (Å²) in [6.07, 6.45) is 0.837. The molecule has 0 aromatic heterocycles. The van der Waals surface area contributed by atoms with Crippen LogP contribution in [0.25, 0.3) is 0 Å². The molecule has 0 spiro atoms. The molecule has 1 saturated heterocycles. The summed E-state index contributed by atoms with van der Waals surface area (Å²) in [6, 6.07) is 5.25. The third-order valence-electron chi connectivity index (χ3n) is 3.94. The number of halogens is 2. The second-order valence-electron chi connectivity index (χ2n) is 5.59. The Balaban J connectivity index is 0.00000242. The summed E-state index contributed by atoms with van der Waals surface area (Å²) < 4.78 is 27.1. The molecule has 0 atom stereocenters. The number of sulfonamides is 1. The third-order valence-corrected chi connectivity index (χ3v) is 5.40. The van der Waals surface area contributed by atoms with Crippen molar-refractivity contribution >= 4 is 34.8 Å². The number of rotatable bonds is 6. The summed E-state index contributed by atoms with van der Waals surface area (Å²) in [5, 5.41) is 3.31. The number of hydrogen-bond donors (Lipinski definition) is 2. The number of nitrogens with one attached hydrogen (secondary N) is 2. The van der Waals surface area contributed by atoms with Gasteiger partial charge in [-0.25, -0.2) is 13.1 Å². The van der Waals surface area contributed by atoms with Gasteiger partial charge in [0.25, 0.3) is 0 Å². The lowest BCUT2D eigenvalue weighted by Gasteiger charge is -2.27. The average molecular weight is 384 g/mol. The maximum atomic E-state index is 12.2. The van der Waals surface area contributed by atoms with Crippen molar-refractivity contribution in [2.75, 3.05) is 39.3 Å². The van der Waals surface area contributed by atoms with Gasteiger partial charge in [-0.2, -0.15) is 0 Å². The highest BCUT2D eigenvalue weighted by molar-refractivity contribution is 7.89. The topological polar surface area (TPSA) is 61.4 Å². The predicted molar refractivity (Wildman–Crippen MR) is 99.5 cm³/mol. The predicted octanol–water partition coefficient (Wildman–Crippen LogP) is 1.72. The Hall–Kier alpha value is -0.370. The standard InChI is InChI=1S/C15H25N3O2S.2ClH/c1-13-4-5-15(12-14(13)2)21(19,20)17-6-3-9-18-10-7-16-8-11-18;;/h4-5,12,16-17H,3,6-11H2,1-2H3;2*1H. The normalized spacial score (nSPS) is 15.6. The molecule has 5 nitrogen and oxygen atoms in total. The number of hydrogen-bond acceptors (Lipinski definition) is 4. The smallest absolute Gasteiger partial charge is 0.240 e. The van der Waals surface area contributed by atoms with Crippen LogP contribution in [0, 0.1) is 13.8 Å². The van der Waals surface area contributed by atoms with Gasteiger partial charge in [0.05, 0.1) is 4.90 Å². The van der Waals surface area contributed by atoms with E-state index in [1.807, 2.05) is 19.9 Å². The first-order valence-corrected chi connectivity index (χ1v) is 8.97. The van der Waals surface area contributed by atoms with Gasteiger partial charge in [-0.1, -0.05) is 6.07 Å². The van der Waals surface area contributed by atoms with Gasteiger partial charge in [0.2, 0.25) is 10.0 Å². The molecule has 1 aliphatic rings. The van der Waals surface area contributed by atoms with Crippen LogP contribution in [0.5, 0.6) is 0 Å². The first-order valence-electron chi connectivity index (χ1n) is 7.49. The van der Waals surface area contributed by atoms with Crippen LogP contribution in [0.1, 0.15) is 17.5 Å². The molecule has 0 aliphatic carbocycles. The van der Waals surface area contributed by atoms with Crippen molar-refractivity contribution in [1.29, 1.82) is 0 Å². The molecule has 1 aliphatic heterocycles. The van der Waals surface area contributed by atoms with E-state index in [-0.39, 0.29) is 24.8 Å². The number of nitrogens with zero attached hydrogens (tertiary/aromatic N) is 1. The quantitative estimate of drug-likeness (QED) is 0.734. The highest BCUT2D eigenvalue weighted by Gasteiger charge is 2.14. The van der Waals surface area contributed by atoms with E-state index < -0.39 is 10.0 Å². The lowest BCUT2D eigenvalue weighted by atomic mass is 10.1. The molecule has 1 aromatic rings. The molecule has 0 saturated carbocycles. The Bertz CT molecular complexity index is 576. The maximum Gasteiger partial charge on any atom is 0.240 e. The molecule has 1 aromatic carbocycles. The number of benzene rings is 1. The molecule has 0 unspecified atom stereocenters. The fraction of sp³-hybridized carbons (Fsp3) is 0.600. The van der Waals surface area contributed by atoms with Gasteiger partial charge in [-0.05, 0) is 50.1 Å². The van der Waals surface area contributed by atoms with Crippen LogP contribution in [0.15, 0.2) is 23.1 Å². The first kappa shape index (κ1) is 22.6. The summed E-state index contributed by atoms with van der Waals surface area (Å²) in [4.78, 5) is 2.72. The minimum absolute atomic E-state index is 0. The lowest BCUT2D eigenvalue weighted by Crippen LogP contribution is -2.44. The van der Waals surface area contributed by atoms with Gasteiger partial charge >= 0.3 is 0 Å². The van der Waals surface area contributed by atoms with E-state index >= 15 is 0 Å². The second kappa shape index (κ2) is 10.5. The minimum Gasteiger partial charge on any atom is -0.314 e. The SMILES string of the molecule is Cc1ccc(S(=O)(=O)NCCCN2CCNCC2)cc1C.Cl.Cl. The molecule has 23 heavy (non-hydrogen) atoms. The molecule has 8 heteroatoms. The molecule has 1 fully saturated rings. The fourth-order valence-electron chi connectivity index (χ4n) is 2.41. The van der Waals surface area contributed by atoms with E-state index in [0.717, 1.165) is 50.3 Å². The van der Waals surface area contributed by atoms with Crippen molar-refractivity contribution in [3.8, 4) is 0 Å². The highest BCUT2D eigenvalue weighted by atomic mass is 35.5. The van der Waals surface area contributed by atoms with Crippen molar-refractivity contribution in [2.24, 2.45) is 0 Å². The van der Waals surface area contributed by atoms with E-state index in [4.69, 9.17) is 0 Å². The zero-order valence-corrected chi connectivity index (χ0v) is 16.1. The van der Waals surface area contributed by atoms with Crippen LogP contribution in [-0.4, -0.2) is 52.6 Å². The van der Waals surface area contributed by atoms with Gasteiger partial charge in [0.1, 0.15) is 0 Å². The average Bonchev–Trinajstić information content (AvgIpc) is 2.47. The van der Waals surface area contributed by atoms with E-state index in [1.54, 1.807) is 12.1 Å². The Labute approximate surface area is 152 Å². The molecular formula is C15H27Cl2N3O2S. The first-order chi connectivity index (χ1) is 9.99.